The second-order valence-corrected chi connectivity index (χ2v) is 6.47. The molecule has 1 aliphatic carbocycles. The van der Waals surface area contributed by atoms with Gasteiger partial charge in [0.15, 0.2) is 0 Å². The summed E-state index contributed by atoms with van der Waals surface area (Å²) in [5.41, 5.74) is 4.43. The Balaban J connectivity index is 1.56. The molecule has 112 valence electrons. The highest BCUT2D eigenvalue weighted by Crippen LogP contribution is 2.34. The summed E-state index contributed by atoms with van der Waals surface area (Å²) in [6.07, 6.45) is 6.72. The average molecular weight is 291 g/mol. The van der Waals surface area contributed by atoms with E-state index >= 15 is 0 Å². The van der Waals surface area contributed by atoms with Gasteiger partial charge in [-0.25, -0.2) is 0 Å². The third-order valence-electron chi connectivity index (χ3n) is 5.10. The molecule has 1 saturated carbocycles. The lowest BCUT2D eigenvalue weighted by Gasteiger charge is -2.23. The minimum atomic E-state index is 0.126. The summed E-state index contributed by atoms with van der Waals surface area (Å²) in [5, 5.41) is 0. The molecule has 4 rings (SSSR count). The number of rotatable bonds is 2. The third-order valence-corrected chi connectivity index (χ3v) is 5.10. The number of benzene rings is 2. The second kappa shape index (κ2) is 5.60. The first-order chi connectivity index (χ1) is 10.8. The van der Waals surface area contributed by atoms with E-state index in [-0.39, 0.29) is 5.91 Å². The summed E-state index contributed by atoms with van der Waals surface area (Å²) in [4.78, 5) is 14.4. The van der Waals surface area contributed by atoms with Gasteiger partial charge < -0.3 is 4.90 Å². The molecule has 0 aromatic heterocycles. The Bertz CT molecular complexity index is 683. The molecule has 2 heteroatoms. The van der Waals surface area contributed by atoms with E-state index < -0.39 is 0 Å². The van der Waals surface area contributed by atoms with E-state index in [4.69, 9.17) is 0 Å². The lowest BCUT2D eigenvalue weighted by molar-refractivity contribution is 0.0996. The first-order valence-corrected chi connectivity index (χ1v) is 8.33. The molecule has 0 saturated heterocycles. The van der Waals surface area contributed by atoms with Crippen molar-refractivity contribution in [3.8, 4) is 0 Å². The topological polar surface area (TPSA) is 20.3 Å². The first-order valence-electron chi connectivity index (χ1n) is 8.33. The van der Waals surface area contributed by atoms with Gasteiger partial charge in [0.05, 0.1) is 6.54 Å². The van der Waals surface area contributed by atoms with Crippen LogP contribution >= 0.6 is 0 Å². The summed E-state index contributed by atoms with van der Waals surface area (Å²) < 4.78 is 0. The van der Waals surface area contributed by atoms with Crippen molar-refractivity contribution in [3.05, 3.63) is 65.2 Å². The zero-order chi connectivity index (χ0) is 14.9. The maximum absolute atomic E-state index is 12.5. The fourth-order valence-electron chi connectivity index (χ4n) is 3.83. The van der Waals surface area contributed by atoms with Crippen molar-refractivity contribution >= 4 is 11.6 Å². The van der Waals surface area contributed by atoms with Crippen LogP contribution in [0.15, 0.2) is 48.5 Å². The summed E-state index contributed by atoms with van der Waals surface area (Å²) in [5.74, 6) is 0.843. The molecule has 2 aliphatic rings. The minimum Gasteiger partial charge on any atom is -0.304 e. The van der Waals surface area contributed by atoms with Crippen LogP contribution in [0.4, 0.5) is 5.69 Å². The molecular weight excluding hydrogens is 270 g/mol. The van der Waals surface area contributed by atoms with E-state index in [9.17, 15) is 4.79 Å². The van der Waals surface area contributed by atoms with E-state index in [1.54, 1.807) is 0 Å². The molecule has 1 aliphatic heterocycles. The van der Waals surface area contributed by atoms with Crippen LogP contribution in [-0.4, -0.2) is 5.91 Å². The van der Waals surface area contributed by atoms with Crippen LogP contribution in [0.5, 0.6) is 0 Å². The maximum atomic E-state index is 12.5. The SMILES string of the molecule is O=C1c2ccccc2CN1c1ccc(C2CCCCC2)cc1. The first kappa shape index (κ1) is 13.6. The van der Waals surface area contributed by atoms with Crippen LogP contribution in [0, 0.1) is 0 Å². The summed E-state index contributed by atoms with van der Waals surface area (Å²) >= 11 is 0. The Morgan fingerprint density at radius 3 is 2.32 bits per heavy atom. The second-order valence-electron chi connectivity index (χ2n) is 6.47. The molecule has 0 spiro atoms. The number of carbonyl (C=O) groups excluding carboxylic acids is 1. The van der Waals surface area contributed by atoms with Gasteiger partial charge in [-0.2, -0.15) is 0 Å². The lowest BCUT2D eigenvalue weighted by atomic mass is 9.84. The molecule has 2 aromatic carbocycles. The smallest absolute Gasteiger partial charge is 0.258 e. The fourth-order valence-corrected chi connectivity index (χ4v) is 3.83. The van der Waals surface area contributed by atoms with E-state index in [2.05, 4.69) is 24.3 Å². The predicted octanol–water partition coefficient (Wildman–Crippen LogP) is 4.89. The Morgan fingerprint density at radius 2 is 1.59 bits per heavy atom. The van der Waals surface area contributed by atoms with E-state index in [1.165, 1.54) is 37.7 Å². The van der Waals surface area contributed by atoms with Gasteiger partial charge in [0.2, 0.25) is 0 Å². The summed E-state index contributed by atoms with van der Waals surface area (Å²) in [6.45, 7) is 0.692. The number of hydrogen-bond acceptors (Lipinski definition) is 1. The van der Waals surface area contributed by atoms with E-state index in [1.807, 2.05) is 29.2 Å². The maximum Gasteiger partial charge on any atom is 0.258 e. The molecule has 22 heavy (non-hydrogen) atoms. The van der Waals surface area contributed by atoms with Gasteiger partial charge in [-0.1, -0.05) is 49.6 Å². The van der Waals surface area contributed by atoms with Crippen molar-refractivity contribution in [1.82, 2.24) is 0 Å². The standard InChI is InChI=1S/C20H21NO/c22-20-19-9-5-4-8-17(19)14-21(20)18-12-10-16(11-13-18)15-6-2-1-3-7-15/h4-5,8-13,15H,1-3,6-7,14H2. The van der Waals surface area contributed by atoms with Gasteiger partial charge in [0, 0.05) is 11.3 Å². The quantitative estimate of drug-likeness (QED) is 0.771. The molecule has 1 heterocycles. The Labute approximate surface area is 131 Å². The molecular formula is C20H21NO. The highest BCUT2D eigenvalue weighted by molar-refractivity contribution is 6.09. The molecule has 2 aromatic rings. The highest BCUT2D eigenvalue weighted by Gasteiger charge is 2.28. The molecule has 0 radical (unpaired) electrons. The normalized spacial score (nSPS) is 18.5. The number of nitrogens with zero attached hydrogens (tertiary/aromatic N) is 1. The Kier molecular flexibility index (Phi) is 3.45. The third kappa shape index (κ3) is 2.33. The van der Waals surface area contributed by atoms with Gasteiger partial charge in [0.1, 0.15) is 0 Å². The van der Waals surface area contributed by atoms with E-state index in [0.29, 0.717) is 12.5 Å². The van der Waals surface area contributed by atoms with Crippen LogP contribution < -0.4 is 4.90 Å². The van der Waals surface area contributed by atoms with Crippen LogP contribution in [0.25, 0.3) is 0 Å². The zero-order valence-electron chi connectivity index (χ0n) is 12.8. The van der Waals surface area contributed by atoms with E-state index in [0.717, 1.165) is 16.8 Å². The van der Waals surface area contributed by atoms with Gasteiger partial charge in [-0.15, -0.1) is 0 Å². The molecule has 0 atom stereocenters. The zero-order valence-corrected chi connectivity index (χ0v) is 12.8. The molecule has 0 unspecified atom stereocenters. The van der Waals surface area contributed by atoms with Crippen LogP contribution in [-0.2, 0) is 6.54 Å². The van der Waals surface area contributed by atoms with Gasteiger partial charge in [-0.3, -0.25) is 4.79 Å². The van der Waals surface area contributed by atoms with Crippen LogP contribution in [0.3, 0.4) is 0 Å². The highest BCUT2D eigenvalue weighted by atomic mass is 16.2. The summed E-state index contributed by atoms with van der Waals surface area (Å²) in [6, 6.07) is 16.6. The predicted molar refractivity (Wildman–Crippen MR) is 89.2 cm³/mol. The number of anilines is 1. The Morgan fingerprint density at radius 1 is 0.864 bits per heavy atom. The van der Waals surface area contributed by atoms with Crippen LogP contribution in [0.2, 0.25) is 0 Å². The minimum absolute atomic E-state index is 0.126. The molecule has 2 nitrogen and oxygen atoms in total. The number of fused-ring (bicyclic) bond motifs is 1. The van der Waals surface area contributed by atoms with Gasteiger partial charge >= 0.3 is 0 Å². The van der Waals surface area contributed by atoms with Crippen molar-refractivity contribution in [3.63, 3.8) is 0 Å². The molecule has 0 N–H and O–H groups in total. The van der Waals surface area contributed by atoms with Crippen molar-refractivity contribution in [2.45, 2.75) is 44.6 Å². The number of amides is 1. The lowest BCUT2D eigenvalue weighted by Crippen LogP contribution is -2.22. The van der Waals surface area contributed by atoms with Crippen molar-refractivity contribution < 1.29 is 4.79 Å². The van der Waals surface area contributed by atoms with Crippen LogP contribution in [0.1, 0.15) is 59.5 Å². The molecule has 0 bridgehead atoms. The molecule has 1 fully saturated rings. The number of hydrogen-bond donors (Lipinski definition) is 0. The largest absolute Gasteiger partial charge is 0.304 e. The summed E-state index contributed by atoms with van der Waals surface area (Å²) in [7, 11) is 0. The van der Waals surface area contributed by atoms with Gasteiger partial charge in [-0.05, 0) is 48.1 Å². The van der Waals surface area contributed by atoms with Gasteiger partial charge in [0.25, 0.3) is 5.91 Å². The van der Waals surface area contributed by atoms with Crippen molar-refractivity contribution in [1.29, 1.82) is 0 Å². The van der Waals surface area contributed by atoms with Crippen molar-refractivity contribution in [2.75, 3.05) is 4.90 Å². The Hall–Kier alpha value is -2.09. The monoisotopic (exact) mass is 291 g/mol. The van der Waals surface area contributed by atoms with Crippen molar-refractivity contribution in [2.24, 2.45) is 0 Å². The number of carbonyl (C=O) groups is 1. The fraction of sp³-hybridized carbons (Fsp3) is 0.350. The molecule has 1 amide bonds. The average Bonchev–Trinajstić information content (AvgIpc) is 2.93.